The number of fused-ring (bicyclic) bond motifs is 1. The summed E-state index contributed by atoms with van der Waals surface area (Å²) in [6.07, 6.45) is 3.54. The van der Waals surface area contributed by atoms with Gasteiger partial charge in [-0.2, -0.15) is 5.10 Å². The lowest BCUT2D eigenvalue weighted by atomic mass is 9.97. The topological polar surface area (TPSA) is 51.1 Å². The van der Waals surface area contributed by atoms with E-state index in [9.17, 15) is 4.79 Å². The van der Waals surface area contributed by atoms with E-state index in [4.69, 9.17) is 9.47 Å². The van der Waals surface area contributed by atoms with Crippen molar-refractivity contribution >= 4 is 39.6 Å². The first-order valence-electron chi connectivity index (χ1n) is 9.85. The van der Waals surface area contributed by atoms with E-state index in [-0.39, 0.29) is 5.70 Å². The molecular weight excluding hydrogens is 444 g/mol. The van der Waals surface area contributed by atoms with Gasteiger partial charge in [-0.1, -0.05) is 66.2 Å². The van der Waals surface area contributed by atoms with E-state index in [1.165, 1.54) is 7.11 Å². The van der Waals surface area contributed by atoms with Crippen molar-refractivity contribution in [3.05, 3.63) is 81.5 Å². The standard InChI is InChI=1S/C22H21BrN2O3.C2H6/c1-4-19-18-13-16(23)11-12-17(18)21(28-14-15-9-7-6-8-10-15)20(22(26)27-3)25(19)24-5-2;1-2/h4-13H,14H2,1-3H3;1-2H3/b19-4+,24-5-;. The average molecular weight is 471 g/mol. The molecule has 158 valence electrons. The summed E-state index contributed by atoms with van der Waals surface area (Å²) in [4.78, 5) is 12.7. The summed E-state index contributed by atoms with van der Waals surface area (Å²) < 4.78 is 12.1. The van der Waals surface area contributed by atoms with Crippen molar-refractivity contribution in [1.82, 2.24) is 5.01 Å². The Labute approximate surface area is 186 Å². The van der Waals surface area contributed by atoms with Crippen LogP contribution in [0.25, 0.3) is 11.5 Å². The molecule has 0 aromatic heterocycles. The molecule has 0 saturated heterocycles. The van der Waals surface area contributed by atoms with Crippen molar-refractivity contribution in [2.24, 2.45) is 5.10 Å². The van der Waals surface area contributed by atoms with E-state index in [0.29, 0.717) is 12.4 Å². The summed E-state index contributed by atoms with van der Waals surface area (Å²) in [5.41, 5.74) is 3.76. The second kappa shape index (κ2) is 11.4. The minimum atomic E-state index is -0.512. The normalized spacial score (nSPS) is 14.3. The molecule has 30 heavy (non-hydrogen) atoms. The fraction of sp³-hybridized carbons (Fsp3) is 0.250. The fourth-order valence-electron chi connectivity index (χ4n) is 3.05. The first-order valence-corrected chi connectivity index (χ1v) is 10.6. The van der Waals surface area contributed by atoms with Gasteiger partial charge < -0.3 is 9.47 Å². The van der Waals surface area contributed by atoms with Crippen LogP contribution in [0.4, 0.5) is 0 Å². The zero-order chi connectivity index (χ0) is 22.1. The minimum Gasteiger partial charge on any atom is -0.486 e. The van der Waals surface area contributed by atoms with Gasteiger partial charge in [0.2, 0.25) is 0 Å². The Hall–Kier alpha value is -2.86. The van der Waals surface area contributed by atoms with E-state index < -0.39 is 5.97 Å². The van der Waals surface area contributed by atoms with E-state index >= 15 is 0 Å². The smallest absolute Gasteiger partial charge is 0.360 e. The minimum absolute atomic E-state index is 0.249. The van der Waals surface area contributed by atoms with Gasteiger partial charge in [0.25, 0.3) is 0 Å². The predicted molar refractivity (Wildman–Crippen MR) is 125 cm³/mol. The molecule has 0 fully saturated rings. The van der Waals surface area contributed by atoms with Crippen LogP contribution in [0.5, 0.6) is 0 Å². The highest BCUT2D eigenvalue weighted by Crippen LogP contribution is 2.41. The number of hydrazone groups is 1. The largest absolute Gasteiger partial charge is 0.486 e. The molecule has 1 heterocycles. The van der Waals surface area contributed by atoms with Crippen molar-refractivity contribution in [2.45, 2.75) is 34.3 Å². The maximum absolute atomic E-state index is 12.7. The summed E-state index contributed by atoms with van der Waals surface area (Å²) >= 11 is 3.53. The number of benzene rings is 2. The van der Waals surface area contributed by atoms with E-state index in [1.807, 2.05) is 75.4 Å². The number of hydrogen-bond acceptors (Lipinski definition) is 5. The van der Waals surface area contributed by atoms with Crippen LogP contribution in [0.3, 0.4) is 0 Å². The van der Waals surface area contributed by atoms with Crippen molar-refractivity contribution < 1.29 is 14.3 Å². The van der Waals surface area contributed by atoms with Crippen LogP contribution in [0, 0.1) is 0 Å². The maximum Gasteiger partial charge on any atom is 0.360 e. The number of hydrogen-bond donors (Lipinski definition) is 0. The Morgan fingerprint density at radius 3 is 2.40 bits per heavy atom. The number of esters is 1. The zero-order valence-electron chi connectivity index (χ0n) is 18.0. The SMILES string of the molecule is C/C=N\N1C(C(=O)OC)=C(OCc2ccccc2)c2ccc(Br)cc2/C1=C\C.CC. The molecule has 0 bridgehead atoms. The summed E-state index contributed by atoms with van der Waals surface area (Å²) in [7, 11) is 1.35. The maximum atomic E-state index is 12.7. The quantitative estimate of drug-likeness (QED) is 0.384. The van der Waals surface area contributed by atoms with Crippen LogP contribution in [-0.4, -0.2) is 24.3 Å². The van der Waals surface area contributed by atoms with Crippen molar-refractivity contribution in [3.63, 3.8) is 0 Å². The lowest BCUT2D eigenvalue weighted by molar-refractivity contribution is -0.137. The molecule has 0 atom stereocenters. The fourth-order valence-corrected chi connectivity index (χ4v) is 3.41. The molecule has 2 aromatic rings. The Balaban J connectivity index is 0.00000155. The molecule has 0 unspecified atom stereocenters. The molecule has 0 radical (unpaired) electrons. The highest BCUT2D eigenvalue weighted by Gasteiger charge is 2.35. The lowest BCUT2D eigenvalue weighted by Gasteiger charge is -2.32. The number of carbonyl (C=O) groups is 1. The Kier molecular flexibility index (Phi) is 8.87. The highest BCUT2D eigenvalue weighted by atomic mass is 79.9. The molecule has 1 aliphatic rings. The van der Waals surface area contributed by atoms with Crippen molar-refractivity contribution in [1.29, 1.82) is 0 Å². The third kappa shape index (κ3) is 5.00. The van der Waals surface area contributed by atoms with Gasteiger partial charge in [0.15, 0.2) is 11.5 Å². The van der Waals surface area contributed by atoms with Crippen LogP contribution >= 0.6 is 15.9 Å². The molecule has 0 N–H and O–H groups in total. The molecule has 0 saturated carbocycles. The van der Waals surface area contributed by atoms with Crippen molar-refractivity contribution in [3.8, 4) is 0 Å². The molecule has 3 rings (SSSR count). The van der Waals surface area contributed by atoms with Crippen LogP contribution in [-0.2, 0) is 20.9 Å². The number of methoxy groups -OCH3 is 1. The summed E-state index contributed by atoms with van der Waals surface area (Å²) in [5, 5.41) is 5.98. The molecule has 2 aromatic carbocycles. The van der Waals surface area contributed by atoms with Gasteiger partial charge in [-0.25, -0.2) is 9.80 Å². The van der Waals surface area contributed by atoms with E-state index in [1.54, 1.807) is 18.1 Å². The summed E-state index contributed by atoms with van der Waals surface area (Å²) in [6, 6.07) is 15.6. The van der Waals surface area contributed by atoms with Gasteiger partial charge in [-0.15, -0.1) is 0 Å². The molecule has 0 aliphatic carbocycles. The van der Waals surface area contributed by atoms with Crippen molar-refractivity contribution in [2.75, 3.05) is 7.11 Å². The molecule has 0 amide bonds. The van der Waals surface area contributed by atoms with E-state index in [2.05, 4.69) is 21.0 Å². The van der Waals surface area contributed by atoms with Gasteiger partial charge in [0.05, 0.1) is 12.8 Å². The molecular formula is C24H27BrN2O3. The first-order chi connectivity index (χ1) is 14.6. The average Bonchev–Trinajstić information content (AvgIpc) is 2.79. The Morgan fingerprint density at radius 1 is 1.10 bits per heavy atom. The summed E-state index contributed by atoms with van der Waals surface area (Å²) in [5.74, 6) is -0.0732. The third-order valence-corrected chi connectivity index (χ3v) is 4.76. The molecule has 5 nitrogen and oxygen atoms in total. The first kappa shape index (κ1) is 23.4. The number of nitrogens with zero attached hydrogens (tertiary/aromatic N) is 2. The second-order valence-electron chi connectivity index (χ2n) is 5.99. The van der Waals surface area contributed by atoms with Gasteiger partial charge in [-0.05, 0) is 37.6 Å². The predicted octanol–water partition coefficient (Wildman–Crippen LogP) is 6.22. The highest BCUT2D eigenvalue weighted by molar-refractivity contribution is 9.10. The van der Waals surface area contributed by atoms with Crippen LogP contribution in [0.15, 0.2) is 69.9 Å². The van der Waals surface area contributed by atoms with Crippen LogP contribution < -0.4 is 0 Å². The number of allylic oxidation sites excluding steroid dienone is 1. The van der Waals surface area contributed by atoms with Gasteiger partial charge in [0.1, 0.15) is 6.61 Å². The van der Waals surface area contributed by atoms with Gasteiger partial charge in [-0.3, -0.25) is 0 Å². The molecule has 1 aliphatic heterocycles. The lowest BCUT2D eigenvalue weighted by Crippen LogP contribution is -2.29. The molecule has 0 spiro atoms. The number of halogens is 1. The second-order valence-corrected chi connectivity index (χ2v) is 6.91. The number of ether oxygens (including phenoxy) is 2. The Morgan fingerprint density at radius 2 is 1.80 bits per heavy atom. The van der Waals surface area contributed by atoms with E-state index in [0.717, 1.165) is 26.9 Å². The number of rotatable bonds is 5. The zero-order valence-corrected chi connectivity index (χ0v) is 19.6. The van der Waals surface area contributed by atoms with Crippen LogP contribution in [0.2, 0.25) is 0 Å². The summed E-state index contributed by atoms with van der Waals surface area (Å²) in [6.45, 7) is 8.02. The van der Waals surface area contributed by atoms with Gasteiger partial charge >= 0.3 is 5.97 Å². The Bertz CT molecular complexity index is 966. The monoisotopic (exact) mass is 470 g/mol. The third-order valence-electron chi connectivity index (χ3n) is 4.27. The van der Waals surface area contributed by atoms with Gasteiger partial charge in [0, 0.05) is 21.8 Å². The number of carbonyl (C=O) groups excluding carboxylic acids is 1. The van der Waals surface area contributed by atoms with Crippen LogP contribution in [0.1, 0.15) is 44.4 Å². The molecule has 6 heteroatoms.